The molecule has 2 nitrogen and oxygen atoms in total. The average Bonchev–Trinajstić information content (AvgIpc) is 2.58. The average molecular weight is 335 g/mol. The van der Waals surface area contributed by atoms with Crippen molar-refractivity contribution in [2.24, 2.45) is 5.92 Å². The van der Waals surface area contributed by atoms with Gasteiger partial charge in [0.15, 0.2) is 0 Å². The molecular formula is C20H31ClN2. The largest absolute Gasteiger partial charge is 0.313 e. The monoisotopic (exact) mass is 334 g/mol. The molecule has 0 spiro atoms. The van der Waals surface area contributed by atoms with Crippen LogP contribution < -0.4 is 5.32 Å². The molecule has 1 saturated carbocycles. The molecule has 1 heterocycles. The summed E-state index contributed by atoms with van der Waals surface area (Å²) in [4.78, 5) is 2.44. The van der Waals surface area contributed by atoms with Gasteiger partial charge in [-0.05, 0) is 75.4 Å². The minimum atomic E-state index is 0.619. The van der Waals surface area contributed by atoms with E-state index in [0.29, 0.717) is 12.0 Å². The minimum absolute atomic E-state index is 0.619. The first kappa shape index (κ1) is 17.3. The van der Waals surface area contributed by atoms with Crippen molar-refractivity contribution in [2.45, 2.75) is 56.9 Å². The molecule has 2 aliphatic rings. The van der Waals surface area contributed by atoms with Crippen LogP contribution in [0.3, 0.4) is 0 Å². The van der Waals surface area contributed by atoms with E-state index in [0.717, 1.165) is 17.5 Å². The van der Waals surface area contributed by atoms with Crippen LogP contribution in [-0.2, 0) is 0 Å². The predicted molar refractivity (Wildman–Crippen MR) is 99.3 cm³/mol. The first-order valence-electron chi connectivity index (χ1n) is 9.40. The molecule has 0 bridgehead atoms. The summed E-state index contributed by atoms with van der Waals surface area (Å²) in [6, 6.07) is 9.27. The number of likely N-dealkylation sites (tertiary alicyclic amines) is 1. The van der Waals surface area contributed by atoms with Gasteiger partial charge in [0.25, 0.3) is 0 Å². The fraction of sp³-hybridized carbons (Fsp3) is 0.700. The fourth-order valence-electron chi connectivity index (χ4n) is 4.34. The molecule has 1 aromatic carbocycles. The molecule has 1 N–H and O–H groups in total. The summed E-state index contributed by atoms with van der Waals surface area (Å²) in [6.45, 7) is 3.56. The van der Waals surface area contributed by atoms with Gasteiger partial charge in [0.2, 0.25) is 0 Å². The van der Waals surface area contributed by atoms with Crippen LogP contribution in [-0.4, -0.2) is 37.6 Å². The molecule has 0 aromatic heterocycles. The summed E-state index contributed by atoms with van der Waals surface area (Å²) in [5, 5.41) is 4.77. The Balaban J connectivity index is 1.65. The second kappa shape index (κ2) is 8.50. The maximum absolute atomic E-state index is 6.27. The molecule has 0 amide bonds. The van der Waals surface area contributed by atoms with E-state index >= 15 is 0 Å². The second-order valence-corrected chi connectivity index (χ2v) is 7.98. The first-order chi connectivity index (χ1) is 11.2. The third-order valence-electron chi connectivity index (χ3n) is 5.84. The highest BCUT2D eigenvalue weighted by Crippen LogP contribution is 2.36. The number of halogens is 1. The van der Waals surface area contributed by atoms with Gasteiger partial charge in [0.1, 0.15) is 0 Å². The molecule has 3 rings (SSSR count). The lowest BCUT2D eigenvalue weighted by Crippen LogP contribution is -2.43. The summed E-state index contributed by atoms with van der Waals surface area (Å²) in [6.07, 6.45) is 9.54. The summed E-state index contributed by atoms with van der Waals surface area (Å²) >= 11 is 6.27. The third kappa shape index (κ3) is 4.95. The standard InChI is InChI=1S/C20H31ClN2/c1-23-12-10-19(11-13-23)22-15-20(16-6-3-2-4-7-16)17-8-5-9-18(21)14-17/h5,8-9,14,16,19-20,22H,2-4,6-7,10-13,15H2,1H3/t20-/m0/s1. The Morgan fingerprint density at radius 1 is 1.13 bits per heavy atom. The Bertz CT molecular complexity index is 476. The number of nitrogens with zero attached hydrogens (tertiary/aromatic N) is 1. The molecule has 1 aliphatic heterocycles. The predicted octanol–water partition coefficient (Wildman–Crippen LogP) is 4.69. The Hall–Kier alpha value is -0.570. The van der Waals surface area contributed by atoms with Crippen LogP contribution >= 0.6 is 11.6 Å². The van der Waals surface area contributed by atoms with E-state index in [4.69, 9.17) is 11.6 Å². The van der Waals surface area contributed by atoms with E-state index in [2.05, 4.69) is 35.5 Å². The number of hydrogen-bond donors (Lipinski definition) is 1. The van der Waals surface area contributed by atoms with Gasteiger partial charge in [-0.3, -0.25) is 0 Å². The van der Waals surface area contributed by atoms with Gasteiger partial charge in [-0.2, -0.15) is 0 Å². The van der Waals surface area contributed by atoms with Gasteiger partial charge in [-0.15, -0.1) is 0 Å². The van der Waals surface area contributed by atoms with Gasteiger partial charge in [0.05, 0.1) is 0 Å². The van der Waals surface area contributed by atoms with Crippen molar-refractivity contribution >= 4 is 11.6 Å². The Morgan fingerprint density at radius 3 is 2.57 bits per heavy atom. The summed E-state index contributed by atoms with van der Waals surface area (Å²) in [7, 11) is 2.23. The molecule has 2 fully saturated rings. The van der Waals surface area contributed by atoms with Crippen LogP contribution in [0.1, 0.15) is 56.4 Å². The molecular weight excluding hydrogens is 304 g/mol. The number of nitrogens with one attached hydrogen (secondary N) is 1. The molecule has 1 aliphatic carbocycles. The lowest BCUT2D eigenvalue weighted by Gasteiger charge is -2.34. The highest BCUT2D eigenvalue weighted by molar-refractivity contribution is 6.30. The fourth-order valence-corrected chi connectivity index (χ4v) is 4.54. The van der Waals surface area contributed by atoms with Crippen molar-refractivity contribution in [3.63, 3.8) is 0 Å². The zero-order chi connectivity index (χ0) is 16.1. The van der Waals surface area contributed by atoms with Crippen LogP contribution in [0.15, 0.2) is 24.3 Å². The van der Waals surface area contributed by atoms with Gasteiger partial charge < -0.3 is 10.2 Å². The SMILES string of the molecule is CN1CCC(NC[C@H](c2cccc(Cl)c2)C2CCCCC2)CC1. The quantitative estimate of drug-likeness (QED) is 0.840. The zero-order valence-corrected chi connectivity index (χ0v) is 15.2. The smallest absolute Gasteiger partial charge is 0.0408 e. The van der Waals surface area contributed by atoms with Crippen LogP contribution in [0.2, 0.25) is 5.02 Å². The van der Waals surface area contributed by atoms with Crippen molar-refractivity contribution in [1.82, 2.24) is 10.2 Å². The highest BCUT2D eigenvalue weighted by Gasteiger charge is 2.26. The Kier molecular flexibility index (Phi) is 6.38. The molecule has 128 valence electrons. The van der Waals surface area contributed by atoms with E-state index in [1.54, 1.807) is 0 Å². The van der Waals surface area contributed by atoms with Crippen molar-refractivity contribution in [3.05, 3.63) is 34.9 Å². The van der Waals surface area contributed by atoms with Crippen LogP contribution in [0.4, 0.5) is 0 Å². The van der Waals surface area contributed by atoms with E-state index in [9.17, 15) is 0 Å². The second-order valence-electron chi connectivity index (χ2n) is 7.55. The van der Waals surface area contributed by atoms with Gasteiger partial charge in [0, 0.05) is 17.6 Å². The maximum Gasteiger partial charge on any atom is 0.0408 e. The molecule has 1 atom stereocenters. The Morgan fingerprint density at radius 2 is 1.87 bits per heavy atom. The number of hydrogen-bond acceptors (Lipinski definition) is 2. The lowest BCUT2D eigenvalue weighted by molar-refractivity contribution is 0.223. The van der Waals surface area contributed by atoms with E-state index in [1.165, 1.54) is 63.6 Å². The first-order valence-corrected chi connectivity index (χ1v) is 9.77. The summed E-state index contributed by atoms with van der Waals surface area (Å²) < 4.78 is 0. The van der Waals surface area contributed by atoms with Crippen molar-refractivity contribution in [2.75, 3.05) is 26.7 Å². The summed E-state index contributed by atoms with van der Waals surface area (Å²) in [5.74, 6) is 1.44. The van der Waals surface area contributed by atoms with Crippen LogP contribution in [0.5, 0.6) is 0 Å². The van der Waals surface area contributed by atoms with Crippen LogP contribution in [0, 0.1) is 5.92 Å². The van der Waals surface area contributed by atoms with Crippen molar-refractivity contribution in [1.29, 1.82) is 0 Å². The molecule has 0 unspecified atom stereocenters. The number of benzene rings is 1. The van der Waals surface area contributed by atoms with Gasteiger partial charge in [-0.25, -0.2) is 0 Å². The number of piperidine rings is 1. The van der Waals surface area contributed by atoms with Crippen molar-refractivity contribution in [3.8, 4) is 0 Å². The maximum atomic E-state index is 6.27. The molecule has 23 heavy (non-hydrogen) atoms. The highest BCUT2D eigenvalue weighted by atomic mass is 35.5. The Labute approximate surface area is 146 Å². The van der Waals surface area contributed by atoms with Gasteiger partial charge >= 0.3 is 0 Å². The number of rotatable bonds is 5. The van der Waals surface area contributed by atoms with E-state index < -0.39 is 0 Å². The van der Waals surface area contributed by atoms with Crippen molar-refractivity contribution < 1.29 is 0 Å². The molecule has 0 radical (unpaired) electrons. The van der Waals surface area contributed by atoms with Gasteiger partial charge in [-0.1, -0.05) is 43.0 Å². The molecule has 3 heteroatoms. The van der Waals surface area contributed by atoms with E-state index in [-0.39, 0.29) is 0 Å². The lowest BCUT2D eigenvalue weighted by atomic mass is 9.76. The third-order valence-corrected chi connectivity index (χ3v) is 6.08. The summed E-state index contributed by atoms with van der Waals surface area (Å²) in [5.41, 5.74) is 1.44. The molecule has 1 aromatic rings. The minimum Gasteiger partial charge on any atom is -0.313 e. The van der Waals surface area contributed by atoms with Crippen LogP contribution in [0.25, 0.3) is 0 Å². The normalized spacial score (nSPS) is 23.0. The topological polar surface area (TPSA) is 15.3 Å². The molecule has 1 saturated heterocycles. The van der Waals surface area contributed by atoms with E-state index in [1.807, 2.05) is 6.07 Å². The zero-order valence-electron chi connectivity index (χ0n) is 14.4.